The summed E-state index contributed by atoms with van der Waals surface area (Å²) >= 11 is 0. The topological polar surface area (TPSA) is 154 Å². The molecule has 0 saturated carbocycles. The van der Waals surface area contributed by atoms with E-state index < -0.39 is 35.0 Å². The zero-order valence-corrected chi connectivity index (χ0v) is 23.2. The lowest BCUT2D eigenvalue weighted by molar-refractivity contribution is -0.143. The molecule has 2 atom stereocenters. The predicted molar refractivity (Wildman–Crippen MR) is 145 cm³/mol. The highest BCUT2D eigenvalue weighted by Gasteiger charge is 2.56. The summed E-state index contributed by atoms with van der Waals surface area (Å²) in [6.07, 6.45) is 0.230. The fraction of sp³-hybridized carbons (Fsp3) is 0.481. The summed E-state index contributed by atoms with van der Waals surface area (Å²) in [5, 5.41) is 12.5. The van der Waals surface area contributed by atoms with Crippen LogP contribution in [0.3, 0.4) is 0 Å². The van der Waals surface area contributed by atoms with Gasteiger partial charge in [0.25, 0.3) is 5.91 Å². The Bertz CT molecular complexity index is 1390. The summed E-state index contributed by atoms with van der Waals surface area (Å²) in [4.78, 5) is 70.2. The highest BCUT2D eigenvalue weighted by molar-refractivity contribution is 5.91. The minimum atomic E-state index is -1.38. The van der Waals surface area contributed by atoms with Crippen LogP contribution < -0.4 is 11.0 Å². The van der Waals surface area contributed by atoms with E-state index in [1.165, 1.54) is 21.7 Å². The molecule has 1 aromatic heterocycles. The molecule has 2 aliphatic heterocycles. The molecule has 0 bridgehead atoms. The van der Waals surface area contributed by atoms with Crippen molar-refractivity contribution in [2.75, 3.05) is 38.1 Å². The number of rotatable bonds is 4. The molecule has 13 heteroatoms. The molecule has 214 valence electrons. The average Bonchev–Trinajstić information content (AvgIpc) is 3.27. The van der Waals surface area contributed by atoms with Gasteiger partial charge in [-0.15, -0.1) is 0 Å². The van der Waals surface area contributed by atoms with Crippen molar-refractivity contribution in [1.29, 1.82) is 0 Å². The number of piperazine rings is 1. The zero-order valence-electron chi connectivity index (χ0n) is 23.2. The molecule has 2 aromatic rings. The molecular weight excluding hydrogens is 520 g/mol. The van der Waals surface area contributed by atoms with Crippen LogP contribution in [0.5, 0.6) is 0 Å². The lowest BCUT2D eigenvalue weighted by Crippen LogP contribution is -2.63. The third-order valence-electron chi connectivity index (χ3n) is 7.25. The van der Waals surface area contributed by atoms with Gasteiger partial charge in [-0.05, 0) is 43.7 Å². The monoisotopic (exact) mass is 554 g/mol. The second kappa shape index (κ2) is 10.7. The molecule has 1 aromatic carbocycles. The van der Waals surface area contributed by atoms with Gasteiger partial charge in [-0.1, -0.05) is 20.8 Å². The van der Waals surface area contributed by atoms with E-state index in [2.05, 4.69) is 10.3 Å². The van der Waals surface area contributed by atoms with Crippen molar-refractivity contribution in [1.82, 2.24) is 24.3 Å². The molecule has 4 rings (SSSR count). The quantitative estimate of drug-likeness (QED) is 0.545. The molecule has 0 spiro atoms. The number of urea groups is 1. The van der Waals surface area contributed by atoms with E-state index >= 15 is 0 Å². The number of aromatic nitrogens is 2. The molecule has 2 fully saturated rings. The van der Waals surface area contributed by atoms with Gasteiger partial charge in [0, 0.05) is 43.4 Å². The van der Waals surface area contributed by atoms with Gasteiger partial charge in [0.1, 0.15) is 23.9 Å². The number of hydrogen-bond donors (Lipinski definition) is 2. The van der Waals surface area contributed by atoms with E-state index in [1.54, 1.807) is 36.9 Å². The van der Waals surface area contributed by atoms with Crippen molar-refractivity contribution in [3.8, 4) is 5.69 Å². The van der Waals surface area contributed by atoms with E-state index in [0.717, 1.165) is 11.2 Å². The predicted octanol–water partition coefficient (Wildman–Crippen LogP) is 2.17. The molecule has 13 nitrogen and oxygen atoms in total. The average molecular weight is 555 g/mol. The van der Waals surface area contributed by atoms with Crippen molar-refractivity contribution in [3.05, 3.63) is 52.1 Å². The molecule has 0 unspecified atom stereocenters. The minimum Gasteiger partial charge on any atom is -0.465 e. The van der Waals surface area contributed by atoms with Gasteiger partial charge in [-0.2, -0.15) is 4.98 Å². The summed E-state index contributed by atoms with van der Waals surface area (Å²) in [5.41, 5.74) is -0.732. The number of anilines is 1. The second-order valence-corrected chi connectivity index (χ2v) is 11.3. The van der Waals surface area contributed by atoms with Gasteiger partial charge in [0.15, 0.2) is 0 Å². The maximum absolute atomic E-state index is 13.5. The number of carbonyl (C=O) groups excluding carboxylic acids is 3. The Labute approximate surface area is 231 Å². The first-order valence-electron chi connectivity index (χ1n) is 12.9. The Balaban J connectivity index is 1.38. The Morgan fingerprint density at radius 1 is 1.12 bits per heavy atom. The Kier molecular flexibility index (Phi) is 7.70. The molecule has 0 aliphatic carbocycles. The zero-order chi connectivity index (χ0) is 29.4. The maximum atomic E-state index is 13.5. The van der Waals surface area contributed by atoms with E-state index in [-0.39, 0.29) is 44.5 Å². The Morgan fingerprint density at radius 3 is 2.33 bits per heavy atom. The van der Waals surface area contributed by atoms with Crippen LogP contribution in [0.1, 0.15) is 43.6 Å². The van der Waals surface area contributed by atoms with E-state index in [9.17, 15) is 29.1 Å². The van der Waals surface area contributed by atoms with Gasteiger partial charge in [-0.3, -0.25) is 24.4 Å². The molecular formula is C27H34N6O7. The highest BCUT2D eigenvalue weighted by atomic mass is 16.5. The number of benzene rings is 1. The third-order valence-corrected chi connectivity index (χ3v) is 7.25. The second-order valence-electron chi connectivity index (χ2n) is 11.3. The molecule has 0 radical (unpaired) electrons. The van der Waals surface area contributed by atoms with E-state index in [0.29, 0.717) is 16.8 Å². The van der Waals surface area contributed by atoms with Gasteiger partial charge in [0.05, 0.1) is 12.3 Å². The summed E-state index contributed by atoms with van der Waals surface area (Å²) in [7, 11) is 0. The van der Waals surface area contributed by atoms with Crippen molar-refractivity contribution in [3.63, 3.8) is 0 Å². The summed E-state index contributed by atoms with van der Waals surface area (Å²) in [5.74, 6) is -0.296. The summed E-state index contributed by atoms with van der Waals surface area (Å²) in [6, 6.07) is 5.97. The third kappa shape index (κ3) is 5.41. The van der Waals surface area contributed by atoms with Gasteiger partial charge in [0.2, 0.25) is 0 Å². The SMILES string of the molecule is Cc1cc(-n2ccc(NC(=O)N3CCN(C(=O)[C@]4(C)CO[C@H](C(C)(C)C)N4C(=O)O)CC3)nc2=O)ccc1C=O. The number of aryl methyl sites for hydroxylation is 1. The highest BCUT2D eigenvalue weighted by Crippen LogP contribution is 2.38. The maximum Gasteiger partial charge on any atom is 0.410 e. The Morgan fingerprint density at radius 2 is 1.77 bits per heavy atom. The first-order chi connectivity index (χ1) is 18.8. The standard InChI is InChI=1S/C27H34N6O7/c1-17-14-19(7-6-18(17)15-34)32-9-8-20(29-24(32)37)28-23(36)31-12-10-30(11-13-31)21(35)27(5)16-40-22(26(2,3)4)33(27)25(38)39/h6-9,14-15,22H,10-13,16H2,1-5H3,(H,38,39)(H,28,29,36,37)/t22-,27+/m1/s1. The van der Waals surface area contributed by atoms with Crippen LogP contribution in [0.15, 0.2) is 35.3 Å². The lowest BCUT2D eigenvalue weighted by Gasteiger charge is -2.42. The Hall–Kier alpha value is -4.26. The normalized spacial score (nSPS) is 21.3. The van der Waals surface area contributed by atoms with Gasteiger partial charge < -0.3 is 19.6 Å². The summed E-state index contributed by atoms with van der Waals surface area (Å²) in [6.45, 7) is 9.68. The molecule has 2 saturated heterocycles. The lowest BCUT2D eigenvalue weighted by atomic mass is 9.91. The fourth-order valence-electron chi connectivity index (χ4n) is 5.01. The van der Waals surface area contributed by atoms with Gasteiger partial charge >= 0.3 is 17.8 Å². The number of nitrogens with zero attached hydrogens (tertiary/aromatic N) is 5. The van der Waals surface area contributed by atoms with Crippen LogP contribution in [-0.2, 0) is 9.53 Å². The van der Waals surface area contributed by atoms with Crippen LogP contribution in [0.2, 0.25) is 0 Å². The van der Waals surface area contributed by atoms with Crippen molar-refractivity contribution in [2.45, 2.75) is 46.4 Å². The number of amides is 4. The van der Waals surface area contributed by atoms with Crippen molar-refractivity contribution >= 4 is 30.1 Å². The number of hydrogen-bond acceptors (Lipinski definition) is 7. The number of ether oxygens (including phenoxy) is 1. The number of aldehydes is 1. The first kappa shape index (κ1) is 28.7. The van der Waals surface area contributed by atoms with Crippen LogP contribution >= 0.6 is 0 Å². The summed E-state index contributed by atoms with van der Waals surface area (Å²) < 4.78 is 7.09. The molecule has 2 N–H and O–H groups in total. The van der Waals surface area contributed by atoms with E-state index in [1.807, 2.05) is 20.8 Å². The van der Waals surface area contributed by atoms with Crippen LogP contribution in [0.4, 0.5) is 15.4 Å². The minimum absolute atomic E-state index is 0.0568. The molecule has 40 heavy (non-hydrogen) atoms. The smallest absolute Gasteiger partial charge is 0.410 e. The van der Waals surface area contributed by atoms with E-state index in [4.69, 9.17) is 4.74 Å². The van der Waals surface area contributed by atoms with Crippen LogP contribution in [0, 0.1) is 12.3 Å². The van der Waals surface area contributed by atoms with Crippen LogP contribution in [0.25, 0.3) is 5.69 Å². The fourth-order valence-corrected chi connectivity index (χ4v) is 5.01. The molecule has 4 amide bonds. The number of carboxylic acid groups (broad SMARTS) is 1. The largest absolute Gasteiger partial charge is 0.465 e. The van der Waals surface area contributed by atoms with Crippen LogP contribution in [-0.4, -0.2) is 98.2 Å². The van der Waals surface area contributed by atoms with Gasteiger partial charge in [-0.25, -0.2) is 14.4 Å². The van der Waals surface area contributed by atoms with Crippen molar-refractivity contribution < 1.29 is 29.0 Å². The van der Waals surface area contributed by atoms with Crippen molar-refractivity contribution in [2.24, 2.45) is 5.41 Å². The first-order valence-corrected chi connectivity index (χ1v) is 12.9. The molecule has 2 aliphatic rings. The number of nitrogens with one attached hydrogen (secondary N) is 1. The molecule has 3 heterocycles. The number of carbonyl (C=O) groups is 4.